The zero-order valence-electron chi connectivity index (χ0n) is 11.7. The Bertz CT molecular complexity index is 406. The lowest BCUT2D eigenvalue weighted by Gasteiger charge is -2.26. The van der Waals surface area contributed by atoms with Crippen molar-refractivity contribution in [3.05, 3.63) is 12.0 Å². The van der Waals surface area contributed by atoms with Crippen molar-refractivity contribution < 1.29 is 9.13 Å². The molecule has 0 bridgehead atoms. The van der Waals surface area contributed by atoms with Gasteiger partial charge in [-0.2, -0.15) is 9.37 Å². The molecule has 0 unspecified atom stereocenters. The SMILES string of the molecule is CCCNc1ncc(F)c(OC2CCC(C)CC2)n1. The van der Waals surface area contributed by atoms with E-state index in [-0.39, 0.29) is 12.0 Å². The van der Waals surface area contributed by atoms with Crippen LogP contribution >= 0.6 is 0 Å². The van der Waals surface area contributed by atoms with Gasteiger partial charge in [0.2, 0.25) is 11.8 Å². The summed E-state index contributed by atoms with van der Waals surface area (Å²) in [5, 5.41) is 3.04. The van der Waals surface area contributed by atoms with E-state index in [9.17, 15) is 4.39 Å². The fourth-order valence-corrected chi connectivity index (χ4v) is 2.26. The van der Waals surface area contributed by atoms with Gasteiger partial charge in [0.1, 0.15) is 6.10 Å². The maximum Gasteiger partial charge on any atom is 0.255 e. The highest BCUT2D eigenvalue weighted by atomic mass is 19.1. The summed E-state index contributed by atoms with van der Waals surface area (Å²) in [5.74, 6) is 0.771. The van der Waals surface area contributed by atoms with E-state index in [4.69, 9.17) is 4.74 Å². The molecule has 1 N–H and O–H groups in total. The van der Waals surface area contributed by atoms with Gasteiger partial charge in [0.05, 0.1) is 6.20 Å². The van der Waals surface area contributed by atoms with Crippen molar-refractivity contribution >= 4 is 5.95 Å². The largest absolute Gasteiger partial charge is 0.472 e. The molecule has 1 fully saturated rings. The van der Waals surface area contributed by atoms with Crippen LogP contribution in [0.3, 0.4) is 0 Å². The number of nitrogens with one attached hydrogen (secondary N) is 1. The molecule has 1 aliphatic rings. The number of anilines is 1. The Morgan fingerprint density at radius 2 is 2.11 bits per heavy atom. The van der Waals surface area contributed by atoms with Crippen LogP contribution in [0.15, 0.2) is 6.20 Å². The Balaban J connectivity index is 1.98. The predicted octanol–water partition coefficient (Wildman–Crippen LogP) is 3.40. The molecule has 1 aliphatic carbocycles. The number of hydrogen-bond donors (Lipinski definition) is 1. The predicted molar refractivity (Wildman–Crippen MR) is 72.8 cm³/mol. The molecule has 4 nitrogen and oxygen atoms in total. The van der Waals surface area contributed by atoms with Gasteiger partial charge in [-0.1, -0.05) is 13.8 Å². The monoisotopic (exact) mass is 267 g/mol. The highest BCUT2D eigenvalue weighted by Gasteiger charge is 2.21. The minimum Gasteiger partial charge on any atom is -0.472 e. The van der Waals surface area contributed by atoms with Crippen LogP contribution in [0.5, 0.6) is 5.88 Å². The molecule has 1 heterocycles. The first-order valence-corrected chi connectivity index (χ1v) is 7.12. The second kappa shape index (κ2) is 6.68. The fraction of sp³-hybridized carbons (Fsp3) is 0.714. The van der Waals surface area contributed by atoms with Gasteiger partial charge in [-0.3, -0.25) is 0 Å². The third kappa shape index (κ3) is 4.04. The second-order valence-electron chi connectivity index (χ2n) is 5.27. The molecular formula is C14H22FN3O. The molecular weight excluding hydrogens is 245 g/mol. The molecule has 5 heteroatoms. The molecule has 0 spiro atoms. The summed E-state index contributed by atoms with van der Waals surface area (Å²) in [6, 6.07) is 0. The standard InChI is InChI=1S/C14H22FN3O/c1-3-8-16-14-17-9-12(15)13(18-14)19-11-6-4-10(2)5-7-11/h9-11H,3-8H2,1-2H3,(H,16,17,18). The van der Waals surface area contributed by atoms with Crippen LogP contribution in [-0.2, 0) is 0 Å². The van der Waals surface area contributed by atoms with Crippen molar-refractivity contribution in [3.8, 4) is 5.88 Å². The van der Waals surface area contributed by atoms with E-state index >= 15 is 0 Å². The number of ether oxygens (including phenoxy) is 1. The molecule has 1 aromatic rings. The summed E-state index contributed by atoms with van der Waals surface area (Å²) in [6.45, 7) is 5.07. The van der Waals surface area contributed by atoms with E-state index in [2.05, 4.69) is 29.1 Å². The third-order valence-corrected chi connectivity index (χ3v) is 3.49. The zero-order chi connectivity index (χ0) is 13.7. The maximum atomic E-state index is 13.6. The summed E-state index contributed by atoms with van der Waals surface area (Å²) >= 11 is 0. The van der Waals surface area contributed by atoms with E-state index in [1.807, 2.05) is 0 Å². The lowest BCUT2D eigenvalue weighted by Crippen LogP contribution is -2.24. The van der Waals surface area contributed by atoms with Gasteiger partial charge in [0.15, 0.2) is 0 Å². The number of halogens is 1. The van der Waals surface area contributed by atoms with Crippen molar-refractivity contribution in [1.82, 2.24) is 9.97 Å². The third-order valence-electron chi connectivity index (χ3n) is 3.49. The van der Waals surface area contributed by atoms with Crippen LogP contribution in [0.25, 0.3) is 0 Å². The van der Waals surface area contributed by atoms with Crippen molar-refractivity contribution in [2.75, 3.05) is 11.9 Å². The molecule has 0 aliphatic heterocycles. The Kier molecular flexibility index (Phi) is 4.93. The Hall–Kier alpha value is -1.39. The molecule has 0 radical (unpaired) electrons. The highest BCUT2D eigenvalue weighted by molar-refractivity contribution is 5.28. The lowest BCUT2D eigenvalue weighted by atomic mass is 9.89. The van der Waals surface area contributed by atoms with Crippen LogP contribution in [0.2, 0.25) is 0 Å². The van der Waals surface area contributed by atoms with Crippen LogP contribution in [0, 0.1) is 11.7 Å². The zero-order valence-corrected chi connectivity index (χ0v) is 11.7. The van der Waals surface area contributed by atoms with Gasteiger partial charge in [0.25, 0.3) is 5.88 Å². The lowest BCUT2D eigenvalue weighted by molar-refractivity contribution is 0.124. The minimum atomic E-state index is -0.485. The number of aromatic nitrogens is 2. The molecule has 0 saturated heterocycles. The summed E-state index contributed by atoms with van der Waals surface area (Å²) in [5.41, 5.74) is 0. The van der Waals surface area contributed by atoms with E-state index in [1.54, 1.807) is 0 Å². The second-order valence-corrected chi connectivity index (χ2v) is 5.27. The van der Waals surface area contributed by atoms with Gasteiger partial charge < -0.3 is 10.1 Å². The van der Waals surface area contributed by atoms with Crippen molar-refractivity contribution in [1.29, 1.82) is 0 Å². The van der Waals surface area contributed by atoms with E-state index < -0.39 is 5.82 Å². The molecule has 0 atom stereocenters. The van der Waals surface area contributed by atoms with Gasteiger partial charge in [0, 0.05) is 6.54 Å². The average Bonchev–Trinajstić information content (AvgIpc) is 2.42. The average molecular weight is 267 g/mol. The molecule has 2 rings (SSSR count). The summed E-state index contributed by atoms with van der Waals surface area (Å²) in [7, 11) is 0. The quantitative estimate of drug-likeness (QED) is 0.888. The summed E-state index contributed by atoms with van der Waals surface area (Å²) in [6.07, 6.45) is 6.45. The molecule has 0 aromatic carbocycles. The van der Waals surface area contributed by atoms with Crippen LogP contribution in [-0.4, -0.2) is 22.6 Å². The molecule has 106 valence electrons. The van der Waals surface area contributed by atoms with Crippen LogP contribution < -0.4 is 10.1 Å². The number of hydrogen-bond acceptors (Lipinski definition) is 4. The van der Waals surface area contributed by atoms with Gasteiger partial charge in [-0.15, -0.1) is 0 Å². The summed E-state index contributed by atoms with van der Waals surface area (Å²) < 4.78 is 19.3. The smallest absolute Gasteiger partial charge is 0.255 e. The van der Waals surface area contributed by atoms with E-state index in [1.165, 1.54) is 6.20 Å². The molecule has 19 heavy (non-hydrogen) atoms. The highest BCUT2D eigenvalue weighted by Crippen LogP contribution is 2.27. The normalized spacial score (nSPS) is 23.1. The van der Waals surface area contributed by atoms with Crippen molar-refractivity contribution in [2.24, 2.45) is 5.92 Å². The first kappa shape index (κ1) is 14.0. The minimum absolute atomic E-state index is 0.0770. The molecule has 1 aromatic heterocycles. The Labute approximate surface area is 113 Å². The van der Waals surface area contributed by atoms with E-state index in [0.717, 1.165) is 44.6 Å². The maximum absolute atomic E-state index is 13.6. The first-order valence-electron chi connectivity index (χ1n) is 7.12. The topological polar surface area (TPSA) is 47.0 Å². The Morgan fingerprint density at radius 1 is 1.37 bits per heavy atom. The summed E-state index contributed by atoms with van der Waals surface area (Å²) in [4.78, 5) is 8.01. The van der Waals surface area contributed by atoms with Crippen LogP contribution in [0.4, 0.5) is 10.3 Å². The van der Waals surface area contributed by atoms with Gasteiger partial charge in [-0.25, -0.2) is 4.98 Å². The number of rotatable bonds is 5. The van der Waals surface area contributed by atoms with Gasteiger partial charge >= 0.3 is 0 Å². The van der Waals surface area contributed by atoms with Crippen molar-refractivity contribution in [3.63, 3.8) is 0 Å². The molecule has 0 amide bonds. The van der Waals surface area contributed by atoms with E-state index in [0.29, 0.717) is 5.95 Å². The number of nitrogens with zero attached hydrogens (tertiary/aromatic N) is 2. The van der Waals surface area contributed by atoms with Crippen molar-refractivity contribution in [2.45, 2.75) is 52.1 Å². The van der Waals surface area contributed by atoms with Crippen LogP contribution in [0.1, 0.15) is 46.0 Å². The fourth-order valence-electron chi connectivity index (χ4n) is 2.26. The molecule has 1 saturated carbocycles. The Morgan fingerprint density at radius 3 is 2.79 bits per heavy atom. The van der Waals surface area contributed by atoms with Gasteiger partial charge in [-0.05, 0) is 38.0 Å². The first-order chi connectivity index (χ1) is 9.19.